The van der Waals surface area contributed by atoms with E-state index in [2.05, 4.69) is 15.0 Å². The normalized spacial score (nSPS) is 18.2. The van der Waals surface area contributed by atoms with Gasteiger partial charge in [0, 0.05) is 30.3 Å². The summed E-state index contributed by atoms with van der Waals surface area (Å²) >= 11 is 1.45. The van der Waals surface area contributed by atoms with Gasteiger partial charge in [0.15, 0.2) is 5.82 Å². The van der Waals surface area contributed by atoms with Gasteiger partial charge in [0.1, 0.15) is 0 Å². The predicted molar refractivity (Wildman–Crippen MR) is 156 cm³/mol. The third kappa shape index (κ3) is 7.32. The first-order valence-electron chi connectivity index (χ1n) is 13.5. The second-order valence-corrected chi connectivity index (χ2v) is 14.1. The van der Waals surface area contributed by atoms with Gasteiger partial charge in [-0.15, -0.1) is 11.3 Å². The van der Waals surface area contributed by atoms with Crippen LogP contribution in [0.1, 0.15) is 64.8 Å². The van der Waals surface area contributed by atoms with Gasteiger partial charge in [0.2, 0.25) is 16.0 Å². The van der Waals surface area contributed by atoms with Crippen molar-refractivity contribution in [3.63, 3.8) is 0 Å². The molecule has 8 nitrogen and oxygen atoms in total. The molecule has 1 aliphatic rings. The van der Waals surface area contributed by atoms with E-state index >= 15 is 4.39 Å². The van der Waals surface area contributed by atoms with Crippen LogP contribution in [-0.2, 0) is 15.4 Å². The molecule has 0 bridgehead atoms. The van der Waals surface area contributed by atoms with Crippen molar-refractivity contribution in [1.29, 1.82) is 0 Å². The fourth-order valence-electron chi connectivity index (χ4n) is 4.70. The van der Waals surface area contributed by atoms with E-state index < -0.39 is 15.8 Å². The van der Waals surface area contributed by atoms with Crippen LogP contribution in [0.25, 0.3) is 21.8 Å². The van der Waals surface area contributed by atoms with E-state index in [4.69, 9.17) is 9.97 Å². The first-order chi connectivity index (χ1) is 18.5. The van der Waals surface area contributed by atoms with Crippen LogP contribution < -0.4 is 10.0 Å². The Labute approximate surface area is 234 Å². The number of aliphatic hydroxyl groups is 1. The van der Waals surface area contributed by atoms with Crippen LogP contribution >= 0.6 is 11.3 Å². The van der Waals surface area contributed by atoms with Gasteiger partial charge in [-0.2, -0.15) is 0 Å². The van der Waals surface area contributed by atoms with Gasteiger partial charge in [-0.1, -0.05) is 33.8 Å². The van der Waals surface area contributed by atoms with Crippen molar-refractivity contribution in [1.82, 2.24) is 15.0 Å². The number of halogens is 1. The quantitative estimate of drug-likeness (QED) is 0.269. The molecule has 0 spiro atoms. The number of aliphatic hydroxyl groups excluding tert-OH is 1. The second-order valence-electron chi connectivity index (χ2n) is 11.3. The van der Waals surface area contributed by atoms with Gasteiger partial charge < -0.3 is 10.4 Å². The standard InChI is InChI=1S/C28H38FN5O3S2/c1-5-15-39(36,37)34-21-8-6-7-20(23(21)29)24-25(38-26(33-24)28(2,3)4)22-13-14-30-27(32-22)31-16-18-9-11-19(17-35)12-10-18/h6-8,13-14,18-19,34-35H,5,9-12,15-17H2,1-4H3,(H,30,31,32). The lowest BCUT2D eigenvalue weighted by atomic mass is 9.82. The Morgan fingerprint density at radius 3 is 2.49 bits per heavy atom. The van der Waals surface area contributed by atoms with E-state index in [1.54, 1.807) is 31.3 Å². The maximum Gasteiger partial charge on any atom is 0.232 e. The Morgan fingerprint density at radius 1 is 1.10 bits per heavy atom. The van der Waals surface area contributed by atoms with Gasteiger partial charge in [0.25, 0.3) is 0 Å². The molecule has 0 amide bonds. The van der Waals surface area contributed by atoms with Crippen LogP contribution in [0.15, 0.2) is 30.5 Å². The zero-order valence-electron chi connectivity index (χ0n) is 23.0. The summed E-state index contributed by atoms with van der Waals surface area (Å²) in [5.74, 6) is 0.639. The maximum absolute atomic E-state index is 15.8. The molecule has 0 unspecified atom stereocenters. The molecule has 4 rings (SSSR count). The minimum atomic E-state index is -3.66. The van der Waals surface area contributed by atoms with Gasteiger partial charge in [-0.05, 0) is 62.1 Å². The van der Waals surface area contributed by atoms with Crippen LogP contribution in [-0.4, -0.2) is 47.4 Å². The molecule has 1 saturated carbocycles. The van der Waals surface area contributed by atoms with Crippen molar-refractivity contribution in [2.45, 2.75) is 65.2 Å². The number of benzene rings is 1. The fraction of sp³-hybridized carbons (Fsp3) is 0.536. The average Bonchev–Trinajstić information content (AvgIpc) is 3.35. The highest BCUT2D eigenvalue weighted by Gasteiger charge is 2.27. The number of aromatic nitrogens is 3. The first-order valence-corrected chi connectivity index (χ1v) is 16.0. The number of nitrogens with zero attached hydrogens (tertiary/aromatic N) is 3. The molecule has 0 saturated heterocycles. The van der Waals surface area contributed by atoms with Gasteiger partial charge in [0.05, 0.1) is 32.7 Å². The Bertz CT molecular complexity index is 1380. The van der Waals surface area contributed by atoms with E-state index in [9.17, 15) is 13.5 Å². The van der Waals surface area contributed by atoms with Crippen LogP contribution in [0, 0.1) is 17.7 Å². The Morgan fingerprint density at radius 2 is 1.82 bits per heavy atom. The number of rotatable bonds is 10. The lowest BCUT2D eigenvalue weighted by Gasteiger charge is -2.27. The number of nitrogens with one attached hydrogen (secondary N) is 2. The SMILES string of the molecule is CCCS(=O)(=O)Nc1cccc(-c2nc(C(C)(C)C)sc2-c2ccnc(NCC3CCC(CO)CC3)n2)c1F. The van der Waals surface area contributed by atoms with Crippen molar-refractivity contribution in [2.24, 2.45) is 11.8 Å². The third-order valence-corrected chi connectivity index (χ3v) is 9.90. The molecule has 2 heterocycles. The molecule has 1 aliphatic carbocycles. The molecule has 0 radical (unpaired) electrons. The highest BCUT2D eigenvalue weighted by atomic mass is 32.2. The monoisotopic (exact) mass is 575 g/mol. The Hall–Kier alpha value is -2.63. The smallest absolute Gasteiger partial charge is 0.232 e. The van der Waals surface area contributed by atoms with Crippen molar-refractivity contribution in [2.75, 3.05) is 28.9 Å². The summed E-state index contributed by atoms with van der Waals surface area (Å²) in [5, 5.41) is 13.6. The molecule has 1 aromatic carbocycles. The van der Waals surface area contributed by atoms with E-state index in [1.165, 1.54) is 17.4 Å². The topological polar surface area (TPSA) is 117 Å². The second kappa shape index (κ2) is 12.3. The molecule has 3 N–H and O–H groups in total. The number of sulfonamides is 1. The molecule has 1 fully saturated rings. The third-order valence-electron chi connectivity index (χ3n) is 6.92. The van der Waals surface area contributed by atoms with Crippen LogP contribution in [0.2, 0.25) is 0 Å². The molecule has 11 heteroatoms. The fourth-order valence-corrected chi connectivity index (χ4v) is 6.94. The summed E-state index contributed by atoms with van der Waals surface area (Å²) in [6, 6.07) is 6.44. The summed E-state index contributed by atoms with van der Waals surface area (Å²) in [4.78, 5) is 14.7. The molecule has 212 valence electrons. The summed E-state index contributed by atoms with van der Waals surface area (Å²) in [6.07, 6.45) is 6.29. The van der Waals surface area contributed by atoms with Gasteiger partial charge in [-0.3, -0.25) is 4.72 Å². The summed E-state index contributed by atoms with van der Waals surface area (Å²) in [5.41, 5.74) is 0.873. The highest BCUT2D eigenvalue weighted by Crippen LogP contribution is 2.42. The van der Waals surface area contributed by atoms with E-state index in [0.29, 0.717) is 40.5 Å². The highest BCUT2D eigenvalue weighted by molar-refractivity contribution is 7.92. The van der Waals surface area contributed by atoms with Gasteiger partial charge >= 0.3 is 0 Å². The maximum atomic E-state index is 15.8. The summed E-state index contributed by atoms with van der Waals surface area (Å²) in [6.45, 7) is 8.90. The van der Waals surface area contributed by atoms with Crippen molar-refractivity contribution >= 4 is 33.0 Å². The number of hydrogen-bond acceptors (Lipinski definition) is 8. The largest absolute Gasteiger partial charge is 0.396 e. The lowest BCUT2D eigenvalue weighted by Crippen LogP contribution is -2.23. The first kappa shape index (κ1) is 29.4. The minimum absolute atomic E-state index is 0.0909. The zero-order valence-corrected chi connectivity index (χ0v) is 24.6. The molecular weight excluding hydrogens is 537 g/mol. The molecule has 2 aromatic heterocycles. The van der Waals surface area contributed by atoms with Gasteiger partial charge in [-0.25, -0.2) is 27.8 Å². The molecule has 39 heavy (non-hydrogen) atoms. The van der Waals surface area contributed by atoms with E-state index in [-0.39, 0.29) is 29.0 Å². The Balaban J connectivity index is 1.66. The molecule has 0 atom stereocenters. The summed E-state index contributed by atoms with van der Waals surface area (Å²) < 4.78 is 42.8. The van der Waals surface area contributed by atoms with Crippen molar-refractivity contribution < 1.29 is 17.9 Å². The molecular formula is C28H38FN5O3S2. The van der Waals surface area contributed by atoms with Crippen LogP contribution in [0.3, 0.4) is 0 Å². The zero-order chi connectivity index (χ0) is 28.2. The minimum Gasteiger partial charge on any atom is -0.396 e. The van der Waals surface area contributed by atoms with Crippen LogP contribution in [0.4, 0.5) is 16.0 Å². The molecule has 0 aliphatic heterocycles. The van der Waals surface area contributed by atoms with E-state index in [0.717, 1.165) is 37.2 Å². The van der Waals surface area contributed by atoms with Crippen LogP contribution in [0.5, 0.6) is 0 Å². The number of hydrogen-bond donors (Lipinski definition) is 3. The van der Waals surface area contributed by atoms with Crippen molar-refractivity contribution in [3.05, 3.63) is 41.3 Å². The Kier molecular flexibility index (Phi) is 9.23. The van der Waals surface area contributed by atoms with Crippen molar-refractivity contribution in [3.8, 4) is 21.8 Å². The lowest BCUT2D eigenvalue weighted by molar-refractivity contribution is 0.170. The number of thiazole rings is 1. The number of anilines is 2. The average molecular weight is 576 g/mol. The predicted octanol–water partition coefficient (Wildman–Crippen LogP) is 6.07. The van der Waals surface area contributed by atoms with E-state index in [1.807, 2.05) is 20.8 Å². The summed E-state index contributed by atoms with van der Waals surface area (Å²) in [7, 11) is -3.66. The molecule has 3 aromatic rings.